The Balaban J connectivity index is 1.90. The first-order valence-corrected chi connectivity index (χ1v) is 8.60. The molecule has 0 amide bonds. The van der Waals surface area contributed by atoms with Gasteiger partial charge in [-0.05, 0) is 30.5 Å². The van der Waals surface area contributed by atoms with E-state index >= 15 is 0 Å². The topological polar surface area (TPSA) is 45.5 Å². The summed E-state index contributed by atoms with van der Waals surface area (Å²) in [6.45, 7) is 9.85. The van der Waals surface area contributed by atoms with Crippen LogP contribution in [-0.2, 0) is 19.4 Å². The molecule has 3 heterocycles. The lowest BCUT2D eigenvalue weighted by atomic mass is 10.1. The lowest BCUT2D eigenvalue weighted by molar-refractivity contribution is 0.233. The molecule has 0 atom stereocenters. The van der Waals surface area contributed by atoms with E-state index in [1.54, 1.807) is 0 Å². The van der Waals surface area contributed by atoms with Crippen LogP contribution in [0.1, 0.15) is 43.8 Å². The molecule has 2 aromatic rings. The number of piperazine rings is 1. The van der Waals surface area contributed by atoms with Crippen LogP contribution in [0.2, 0.25) is 0 Å². The molecule has 1 N–H and O–H groups in total. The molecule has 2 aromatic heterocycles. The molecule has 5 nitrogen and oxygen atoms in total. The van der Waals surface area contributed by atoms with E-state index in [9.17, 15) is 0 Å². The molecular weight excluding hydrogens is 274 g/mol. The average molecular weight is 301 g/mol. The predicted octanol–water partition coefficient (Wildman–Crippen LogP) is 2.04. The third-order valence-corrected chi connectivity index (χ3v) is 4.43. The molecule has 22 heavy (non-hydrogen) atoms. The summed E-state index contributed by atoms with van der Waals surface area (Å²) in [5.41, 5.74) is 3.75. The minimum absolute atomic E-state index is 0.928. The number of hydrogen-bond donors (Lipinski definition) is 1. The second kappa shape index (κ2) is 7.20. The molecule has 0 aliphatic carbocycles. The van der Waals surface area contributed by atoms with Gasteiger partial charge in [0.2, 0.25) is 0 Å². The second-order valence-electron chi connectivity index (χ2n) is 6.15. The van der Waals surface area contributed by atoms with Gasteiger partial charge < -0.3 is 5.32 Å². The van der Waals surface area contributed by atoms with Crippen molar-refractivity contribution in [3.8, 4) is 0 Å². The van der Waals surface area contributed by atoms with Crippen LogP contribution in [0, 0.1) is 0 Å². The molecule has 5 heteroatoms. The Hall–Kier alpha value is -1.46. The van der Waals surface area contributed by atoms with Crippen molar-refractivity contribution in [2.24, 2.45) is 0 Å². The quantitative estimate of drug-likeness (QED) is 0.887. The van der Waals surface area contributed by atoms with Gasteiger partial charge in [0.05, 0.1) is 0 Å². The minimum atomic E-state index is 0.928. The highest BCUT2D eigenvalue weighted by atomic mass is 15.3. The van der Waals surface area contributed by atoms with Crippen LogP contribution in [-0.4, -0.2) is 45.7 Å². The first kappa shape index (κ1) is 15.4. The van der Waals surface area contributed by atoms with Crippen molar-refractivity contribution in [1.82, 2.24) is 24.8 Å². The summed E-state index contributed by atoms with van der Waals surface area (Å²) in [6, 6.07) is 4.58. The summed E-state index contributed by atoms with van der Waals surface area (Å²) < 4.78 is 2.26. The van der Waals surface area contributed by atoms with Gasteiger partial charge in [-0.2, -0.15) is 0 Å². The average Bonchev–Trinajstić information content (AvgIpc) is 2.96. The van der Waals surface area contributed by atoms with Crippen molar-refractivity contribution in [3.05, 3.63) is 29.2 Å². The van der Waals surface area contributed by atoms with Crippen LogP contribution in [0.25, 0.3) is 5.65 Å². The third kappa shape index (κ3) is 3.31. The Labute approximate surface area is 132 Å². The molecule has 0 unspecified atom stereocenters. The Kier molecular flexibility index (Phi) is 5.05. The number of unbranched alkanes of at least 4 members (excludes halogenated alkanes) is 1. The molecule has 0 saturated carbocycles. The maximum atomic E-state index is 4.39. The summed E-state index contributed by atoms with van der Waals surface area (Å²) in [5, 5.41) is 12.2. The first-order chi connectivity index (χ1) is 10.8. The summed E-state index contributed by atoms with van der Waals surface area (Å²) in [4.78, 5) is 2.52. The van der Waals surface area contributed by atoms with Crippen molar-refractivity contribution in [1.29, 1.82) is 0 Å². The Morgan fingerprint density at radius 3 is 2.68 bits per heavy atom. The van der Waals surface area contributed by atoms with Gasteiger partial charge >= 0.3 is 0 Å². The van der Waals surface area contributed by atoms with E-state index in [1.165, 1.54) is 24.1 Å². The number of fused-ring (bicyclic) bond motifs is 1. The van der Waals surface area contributed by atoms with Crippen molar-refractivity contribution < 1.29 is 0 Å². The highest BCUT2D eigenvalue weighted by molar-refractivity contribution is 5.44. The van der Waals surface area contributed by atoms with E-state index in [1.807, 2.05) is 0 Å². The van der Waals surface area contributed by atoms with Crippen molar-refractivity contribution in [2.75, 3.05) is 26.2 Å². The summed E-state index contributed by atoms with van der Waals surface area (Å²) in [6.07, 6.45) is 4.46. The monoisotopic (exact) mass is 301 g/mol. The van der Waals surface area contributed by atoms with Crippen LogP contribution in [0.5, 0.6) is 0 Å². The number of rotatable bonds is 6. The molecule has 0 spiro atoms. The van der Waals surface area contributed by atoms with Gasteiger partial charge in [-0.25, -0.2) is 0 Å². The van der Waals surface area contributed by atoms with Gasteiger partial charge in [-0.15, -0.1) is 10.2 Å². The van der Waals surface area contributed by atoms with E-state index in [2.05, 4.69) is 50.8 Å². The molecule has 3 rings (SSSR count). The summed E-state index contributed by atoms with van der Waals surface area (Å²) >= 11 is 0. The molecule has 120 valence electrons. The van der Waals surface area contributed by atoms with Crippen LogP contribution < -0.4 is 5.32 Å². The highest BCUT2D eigenvalue weighted by Crippen LogP contribution is 2.17. The van der Waals surface area contributed by atoms with Gasteiger partial charge in [0.1, 0.15) is 5.82 Å². The zero-order valence-electron chi connectivity index (χ0n) is 13.8. The number of nitrogens with zero attached hydrogens (tertiary/aromatic N) is 4. The van der Waals surface area contributed by atoms with Gasteiger partial charge in [0.25, 0.3) is 0 Å². The molecule has 0 aromatic carbocycles. The lowest BCUT2D eigenvalue weighted by Gasteiger charge is -2.27. The van der Waals surface area contributed by atoms with E-state index in [-0.39, 0.29) is 0 Å². The lowest BCUT2D eigenvalue weighted by Crippen LogP contribution is -2.42. The van der Waals surface area contributed by atoms with Crippen LogP contribution >= 0.6 is 0 Å². The molecular formula is C17H27N5. The van der Waals surface area contributed by atoms with E-state index in [0.717, 1.165) is 57.0 Å². The zero-order chi connectivity index (χ0) is 15.4. The normalized spacial score (nSPS) is 16.5. The van der Waals surface area contributed by atoms with Gasteiger partial charge in [-0.1, -0.05) is 20.3 Å². The zero-order valence-corrected chi connectivity index (χ0v) is 13.8. The van der Waals surface area contributed by atoms with Gasteiger partial charge in [0.15, 0.2) is 5.65 Å². The smallest absolute Gasteiger partial charge is 0.161 e. The Morgan fingerprint density at radius 2 is 1.95 bits per heavy atom. The summed E-state index contributed by atoms with van der Waals surface area (Å²) in [7, 11) is 0. The minimum Gasteiger partial charge on any atom is -0.314 e. The maximum absolute atomic E-state index is 4.39. The van der Waals surface area contributed by atoms with Crippen LogP contribution in [0.4, 0.5) is 0 Å². The summed E-state index contributed by atoms with van der Waals surface area (Å²) in [5.74, 6) is 1.08. The maximum Gasteiger partial charge on any atom is 0.161 e. The molecule has 0 radical (unpaired) electrons. The fourth-order valence-corrected chi connectivity index (χ4v) is 3.21. The van der Waals surface area contributed by atoms with Crippen LogP contribution in [0.3, 0.4) is 0 Å². The third-order valence-electron chi connectivity index (χ3n) is 4.43. The fourth-order valence-electron chi connectivity index (χ4n) is 3.21. The van der Waals surface area contributed by atoms with Gasteiger partial charge in [-0.3, -0.25) is 9.30 Å². The Morgan fingerprint density at radius 1 is 1.14 bits per heavy atom. The standard InChI is InChI=1S/C17H27N5/c1-3-5-6-15-11-14(13-21-9-7-18-8-10-21)12-17-20-19-16(4-2)22(15)17/h11-12,18H,3-10,13H2,1-2H3. The van der Waals surface area contributed by atoms with E-state index in [4.69, 9.17) is 0 Å². The van der Waals surface area contributed by atoms with E-state index in [0.29, 0.717) is 0 Å². The number of aryl methyl sites for hydroxylation is 2. The largest absolute Gasteiger partial charge is 0.314 e. The van der Waals surface area contributed by atoms with Crippen molar-refractivity contribution in [2.45, 2.75) is 46.1 Å². The molecule has 1 aliphatic heterocycles. The molecule has 1 aliphatic rings. The second-order valence-corrected chi connectivity index (χ2v) is 6.15. The molecule has 1 fully saturated rings. The first-order valence-electron chi connectivity index (χ1n) is 8.60. The number of aromatic nitrogens is 3. The molecule has 0 bridgehead atoms. The van der Waals surface area contributed by atoms with Crippen molar-refractivity contribution in [3.63, 3.8) is 0 Å². The number of nitrogens with one attached hydrogen (secondary N) is 1. The number of hydrogen-bond acceptors (Lipinski definition) is 4. The van der Waals surface area contributed by atoms with E-state index < -0.39 is 0 Å². The van der Waals surface area contributed by atoms with Gasteiger partial charge in [0, 0.05) is 44.8 Å². The highest BCUT2D eigenvalue weighted by Gasteiger charge is 2.14. The predicted molar refractivity (Wildman–Crippen MR) is 89.1 cm³/mol. The SMILES string of the molecule is CCCCc1cc(CN2CCNCC2)cc2nnc(CC)n12. The van der Waals surface area contributed by atoms with Crippen LogP contribution in [0.15, 0.2) is 12.1 Å². The number of pyridine rings is 1. The Bertz CT molecular complexity index is 613. The molecule has 1 saturated heterocycles. The fraction of sp³-hybridized carbons (Fsp3) is 0.647. The van der Waals surface area contributed by atoms with Crippen molar-refractivity contribution >= 4 is 5.65 Å².